The molecule has 7 nitrogen and oxygen atoms in total. The van der Waals surface area contributed by atoms with Gasteiger partial charge in [0.25, 0.3) is 11.5 Å². The van der Waals surface area contributed by atoms with Gasteiger partial charge in [-0.25, -0.2) is 4.98 Å². The number of aryl methyl sites for hydroxylation is 1. The number of benzene rings is 1. The Bertz CT molecular complexity index is 1420. The molecule has 2 unspecified atom stereocenters. The van der Waals surface area contributed by atoms with E-state index in [0.717, 1.165) is 23.4 Å². The van der Waals surface area contributed by atoms with Crippen LogP contribution in [0.3, 0.4) is 0 Å². The smallest absolute Gasteiger partial charge is 0.275 e. The van der Waals surface area contributed by atoms with Gasteiger partial charge in [0.1, 0.15) is 22.7 Å². The molecule has 0 bridgehead atoms. The largest absolute Gasteiger partial charge is 0.487 e. The second-order valence-corrected chi connectivity index (χ2v) is 11.0. The van der Waals surface area contributed by atoms with Crippen LogP contribution in [0, 0.1) is 12.3 Å². The Labute approximate surface area is 202 Å². The van der Waals surface area contributed by atoms with E-state index in [4.69, 9.17) is 16.3 Å². The fourth-order valence-corrected chi connectivity index (χ4v) is 6.27. The van der Waals surface area contributed by atoms with Crippen LogP contribution in [0.2, 0.25) is 5.02 Å². The van der Waals surface area contributed by atoms with Crippen molar-refractivity contribution in [3.8, 4) is 11.4 Å². The van der Waals surface area contributed by atoms with Crippen LogP contribution in [0.5, 0.6) is 5.75 Å². The summed E-state index contributed by atoms with van der Waals surface area (Å²) < 4.78 is 9.68. The molecule has 0 N–H and O–H groups in total. The minimum absolute atomic E-state index is 0.117. The summed E-state index contributed by atoms with van der Waals surface area (Å²) in [5.41, 5.74) is 1.90. The van der Waals surface area contributed by atoms with Crippen molar-refractivity contribution in [2.75, 3.05) is 13.1 Å². The molecule has 176 valence electrons. The van der Waals surface area contributed by atoms with Crippen molar-refractivity contribution >= 4 is 17.5 Å². The maximum absolute atomic E-state index is 13.6. The number of amides is 1. The van der Waals surface area contributed by atoms with Crippen LogP contribution in [0.1, 0.15) is 48.9 Å². The first kappa shape index (κ1) is 21.5. The predicted molar refractivity (Wildman–Crippen MR) is 129 cm³/mol. The maximum atomic E-state index is 13.6. The molecule has 1 aromatic carbocycles. The Morgan fingerprint density at radius 3 is 2.65 bits per heavy atom. The van der Waals surface area contributed by atoms with Gasteiger partial charge in [-0.1, -0.05) is 18.5 Å². The first-order valence-corrected chi connectivity index (χ1v) is 12.0. The van der Waals surface area contributed by atoms with Gasteiger partial charge in [0.15, 0.2) is 0 Å². The highest BCUT2D eigenvalue weighted by Crippen LogP contribution is 2.74. The van der Waals surface area contributed by atoms with Crippen LogP contribution < -0.4 is 10.3 Å². The van der Waals surface area contributed by atoms with Crippen LogP contribution in [0.25, 0.3) is 5.69 Å². The van der Waals surface area contributed by atoms with Crippen LogP contribution in [0.15, 0.2) is 47.7 Å². The van der Waals surface area contributed by atoms with E-state index in [1.807, 2.05) is 36.2 Å². The molecular weight excluding hydrogens is 452 g/mol. The molecule has 3 aliphatic rings. The van der Waals surface area contributed by atoms with E-state index >= 15 is 0 Å². The summed E-state index contributed by atoms with van der Waals surface area (Å²) in [4.78, 5) is 32.9. The van der Waals surface area contributed by atoms with E-state index in [2.05, 4.69) is 25.8 Å². The summed E-state index contributed by atoms with van der Waals surface area (Å²) in [5.74, 6) is 0.721. The molecule has 0 spiro atoms. The lowest BCUT2D eigenvalue weighted by Gasteiger charge is -2.45. The highest BCUT2D eigenvalue weighted by atomic mass is 35.5. The van der Waals surface area contributed by atoms with Crippen molar-refractivity contribution in [3.63, 3.8) is 0 Å². The zero-order valence-electron chi connectivity index (χ0n) is 19.8. The topological polar surface area (TPSA) is 69.4 Å². The standard InChI is InChI=1S/C26H27ClN4O3/c1-16-12-30(15-28-16)19-6-7-20-22(32)29(9-10-31(20)23(19)33)14-26-13-25(26,4)24(2,3)34-21-8-5-17(27)11-18(21)26/h5-8,11-12,15H,9-10,13-14H2,1-4H3. The van der Waals surface area contributed by atoms with Crippen molar-refractivity contribution in [3.05, 3.63) is 75.2 Å². The number of halogens is 1. The number of aromatic nitrogens is 3. The first-order valence-electron chi connectivity index (χ1n) is 11.6. The zero-order valence-corrected chi connectivity index (χ0v) is 20.5. The number of ether oxygens (including phenoxy) is 1. The average molecular weight is 479 g/mol. The Balaban J connectivity index is 1.36. The number of carbonyl (C=O) groups excluding carboxylic acids is 1. The van der Waals surface area contributed by atoms with Gasteiger partial charge < -0.3 is 18.8 Å². The van der Waals surface area contributed by atoms with Crippen LogP contribution >= 0.6 is 11.6 Å². The van der Waals surface area contributed by atoms with E-state index in [1.54, 1.807) is 27.6 Å². The third-order valence-electron chi connectivity index (χ3n) is 8.44. The van der Waals surface area contributed by atoms with Crippen molar-refractivity contribution in [2.45, 2.75) is 51.7 Å². The predicted octanol–water partition coefficient (Wildman–Crippen LogP) is 3.97. The van der Waals surface area contributed by atoms with E-state index < -0.39 is 0 Å². The lowest BCUT2D eigenvalue weighted by Crippen LogP contribution is -2.52. The number of fused-ring (bicyclic) bond motifs is 4. The molecular formula is C26H27ClN4O3. The van der Waals surface area contributed by atoms with Gasteiger partial charge in [-0.3, -0.25) is 9.59 Å². The Morgan fingerprint density at radius 1 is 1.12 bits per heavy atom. The number of pyridine rings is 1. The van der Waals surface area contributed by atoms with E-state index in [0.29, 0.717) is 36.0 Å². The molecule has 34 heavy (non-hydrogen) atoms. The molecule has 8 heteroatoms. The van der Waals surface area contributed by atoms with E-state index in [-0.39, 0.29) is 27.9 Å². The van der Waals surface area contributed by atoms with Gasteiger partial charge in [0, 0.05) is 47.2 Å². The van der Waals surface area contributed by atoms with Gasteiger partial charge in [-0.15, -0.1) is 0 Å². The van der Waals surface area contributed by atoms with Crippen LogP contribution in [0.4, 0.5) is 0 Å². The molecule has 3 aromatic rings. The molecule has 0 saturated heterocycles. The number of rotatable bonds is 3. The molecule has 1 aliphatic carbocycles. The fourth-order valence-electron chi connectivity index (χ4n) is 6.10. The Kier molecular flexibility index (Phi) is 4.26. The molecule has 6 rings (SSSR count). The summed E-state index contributed by atoms with van der Waals surface area (Å²) in [6.07, 6.45) is 4.34. The van der Waals surface area contributed by atoms with Crippen molar-refractivity contribution in [1.82, 2.24) is 19.0 Å². The van der Waals surface area contributed by atoms with Gasteiger partial charge in [-0.05, 0) is 57.5 Å². The number of carbonyl (C=O) groups is 1. The minimum atomic E-state index is -0.376. The normalized spacial score (nSPS) is 26.4. The van der Waals surface area contributed by atoms with Gasteiger partial charge in [0.05, 0.1) is 12.0 Å². The summed E-state index contributed by atoms with van der Waals surface area (Å²) in [6.45, 7) is 9.87. The Hall–Kier alpha value is -3.06. The monoisotopic (exact) mass is 478 g/mol. The third-order valence-corrected chi connectivity index (χ3v) is 8.68. The summed E-state index contributed by atoms with van der Waals surface area (Å²) in [7, 11) is 0. The second-order valence-electron chi connectivity index (χ2n) is 10.6. The van der Waals surface area contributed by atoms with Crippen molar-refractivity contribution in [1.29, 1.82) is 0 Å². The summed E-state index contributed by atoms with van der Waals surface area (Å²) in [5, 5.41) is 0.666. The van der Waals surface area contributed by atoms with E-state index in [9.17, 15) is 9.59 Å². The maximum Gasteiger partial charge on any atom is 0.275 e. The number of hydrogen-bond donors (Lipinski definition) is 0. The van der Waals surface area contributed by atoms with Crippen molar-refractivity contribution in [2.24, 2.45) is 5.41 Å². The third kappa shape index (κ3) is 2.73. The fraction of sp³-hybridized carbons (Fsp3) is 0.423. The molecule has 2 atom stereocenters. The SMILES string of the molecule is Cc1cn(-c2ccc3n(c2=O)CCN(CC24CC2(C)C(C)(C)Oc2ccc(Cl)cc24)C3=O)cn1. The zero-order chi connectivity index (χ0) is 24.0. The number of nitrogens with zero attached hydrogens (tertiary/aromatic N) is 4. The molecule has 0 radical (unpaired) electrons. The lowest BCUT2D eigenvalue weighted by atomic mass is 9.75. The second kappa shape index (κ2) is 6.75. The van der Waals surface area contributed by atoms with Crippen molar-refractivity contribution < 1.29 is 9.53 Å². The molecule has 1 fully saturated rings. The highest BCUT2D eigenvalue weighted by Gasteiger charge is 2.75. The van der Waals surface area contributed by atoms with Crippen LogP contribution in [-0.2, 0) is 12.0 Å². The average Bonchev–Trinajstić information content (AvgIpc) is 3.20. The summed E-state index contributed by atoms with van der Waals surface area (Å²) in [6, 6.07) is 9.24. The quantitative estimate of drug-likeness (QED) is 0.571. The number of hydrogen-bond acceptors (Lipinski definition) is 4. The minimum Gasteiger partial charge on any atom is -0.487 e. The molecule has 4 heterocycles. The Morgan fingerprint density at radius 2 is 1.91 bits per heavy atom. The summed E-state index contributed by atoms with van der Waals surface area (Å²) >= 11 is 6.38. The van der Waals surface area contributed by atoms with Gasteiger partial charge in [-0.2, -0.15) is 0 Å². The lowest BCUT2D eigenvalue weighted by molar-refractivity contribution is 0.00212. The first-order chi connectivity index (χ1) is 16.1. The van der Waals surface area contributed by atoms with Gasteiger partial charge >= 0.3 is 0 Å². The molecule has 1 saturated carbocycles. The highest BCUT2D eigenvalue weighted by molar-refractivity contribution is 6.30. The molecule has 1 amide bonds. The van der Waals surface area contributed by atoms with Crippen LogP contribution in [-0.4, -0.2) is 43.6 Å². The molecule has 2 aromatic heterocycles. The van der Waals surface area contributed by atoms with E-state index in [1.165, 1.54) is 0 Å². The molecule has 2 aliphatic heterocycles. The van der Waals surface area contributed by atoms with Gasteiger partial charge in [0.2, 0.25) is 0 Å². The number of imidazole rings is 1.